The molecule has 1 saturated heterocycles. The monoisotopic (exact) mass is 253 g/mol. The molecule has 0 aromatic carbocycles. The first-order valence-corrected chi connectivity index (χ1v) is 6.08. The number of carbonyl (C=O) groups excluding carboxylic acids is 1. The Hall–Kier alpha value is -1.56. The third-order valence-corrected chi connectivity index (χ3v) is 2.91. The number of rotatable bonds is 5. The molecule has 0 radical (unpaired) electrons. The zero-order valence-electron chi connectivity index (χ0n) is 11.6. The largest absolute Gasteiger partial charge is 0.392 e. The molecule has 18 heavy (non-hydrogen) atoms. The van der Waals surface area contributed by atoms with Gasteiger partial charge in [0, 0.05) is 39.8 Å². The highest BCUT2D eigenvalue weighted by Gasteiger charge is 2.33. The molecule has 0 bridgehead atoms. The molecule has 0 aromatic rings. The third kappa shape index (κ3) is 3.46. The van der Waals surface area contributed by atoms with Crippen LogP contribution in [-0.4, -0.2) is 62.8 Å². The molecule has 102 valence electrons. The van der Waals surface area contributed by atoms with Gasteiger partial charge in [-0.2, -0.15) is 0 Å². The number of hydrogen-bond donors (Lipinski definition) is 3. The van der Waals surface area contributed by atoms with Crippen molar-refractivity contribution >= 4 is 11.7 Å². The fourth-order valence-electron chi connectivity index (χ4n) is 2.19. The first kappa shape index (κ1) is 14.5. The number of amidine groups is 1. The van der Waals surface area contributed by atoms with Crippen LogP contribution in [0.3, 0.4) is 0 Å². The van der Waals surface area contributed by atoms with Gasteiger partial charge in [0.1, 0.15) is 0 Å². The van der Waals surface area contributed by atoms with Gasteiger partial charge in [0.25, 0.3) is 0 Å². The van der Waals surface area contributed by atoms with Crippen LogP contribution in [0, 0.1) is 11.3 Å². The average molecular weight is 253 g/mol. The lowest BCUT2D eigenvalue weighted by Crippen LogP contribution is -2.37. The van der Waals surface area contributed by atoms with E-state index in [4.69, 9.17) is 5.41 Å². The minimum Gasteiger partial charge on any atom is -0.392 e. The minimum absolute atomic E-state index is 0.0316. The molecule has 1 aliphatic heterocycles. The van der Waals surface area contributed by atoms with Crippen molar-refractivity contribution in [2.45, 2.75) is 6.42 Å². The van der Waals surface area contributed by atoms with E-state index in [1.165, 1.54) is 0 Å². The van der Waals surface area contributed by atoms with Crippen molar-refractivity contribution in [3.05, 3.63) is 11.9 Å². The SMILES string of the molecule is CN/C=C(/NC)C(=N)N1CC(CN(C)C)CC1=O. The molecule has 6 nitrogen and oxygen atoms in total. The minimum atomic E-state index is 0.0316. The molecule has 0 aromatic heterocycles. The molecule has 0 spiro atoms. The fourth-order valence-corrected chi connectivity index (χ4v) is 2.19. The molecule has 0 saturated carbocycles. The van der Waals surface area contributed by atoms with Crippen LogP contribution in [0.15, 0.2) is 11.9 Å². The van der Waals surface area contributed by atoms with Crippen LogP contribution in [0.1, 0.15) is 6.42 Å². The maximum atomic E-state index is 11.9. The van der Waals surface area contributed by atoms with Crippen LogP contribution in [-0.2, 0) is 4.79 Å². The van der Waals surface area contributed by atoms with Gasteiger partial charge in [-0.3, -0.25) is 15.1 Å². The standard InChI is InChI=1S/C12H23N5O/c1-14-6-10(15-2)12(13)17-8-9(5-11(17)18)7-16(3)4/h6,9,13-15H,5,7-8H2,1-4H3/b10-6+,13-12?. The molecule has 6 heteroatoms. The van der Waals surface area contributed by atoms with E-state index in [0.29, 0.717) is 24.6 Å². The number of amides is 1. The van der Waals surface area contributed by atoms with Crippen molar-refractivity contribution in [3.8, 4) is 0 Å². The first-order chi connectivity index (χ1) is 8.49. The molecule has 3 N–H and O–H groups in total. The zero-order valence-corrected chi connectivity index (χ0v) is 11.6. The molecule has 1 atom stereocenters. The van der Waals surface area contributed by atoms with E-state index in [-0.39, 0.29) is 11.7 Å². The van der Waals surface area contributed by atoms with Gasteiger partial charge in [-0.1, -0.05) is 0 Å². The second-order valence-electron chi connectivity index (χ2n) is 4.78. The topological polar surface area (TPSA) is 71.5 Å². The molecule has 1 amide bonds. The Bertz CT molecular complexity index is 350. The van der Waals surface area contributed by atoms with Crippen molar-refractivity contribution < 1.29 is 4.79 Å². The number of carbonyl (C=O) groups is 1. The summed E-state index contributed by atoms with van der Waals surface area (Å²) in [5.41, 5.74) is 0.622. The van der Waals surface area contributed by atoms with Gasteiger partial charge in [0.15, 0.2) is 5.84 Å². The van der Waals surface area contributed by atoms with Crippen LogP contribution >= 0.6 is 0 Å². The Labute approximate surface area is 109 Å². The summed E-state index contributed by atoms with van der Waals surface area (Å²) in [6.45, 7) is 1.50. The molecular weight excluding hydrogens is 230 g/mol. The highest BCUT2D eigenvalue weighted by molar-refractivity contribution is 6.06. The summed E-state index contributed by atoms with van der Waals surface area (Å²) in [5, 5.41) is 13.9. The lowest BCUT2D eigenvalue weighted by atomic mass is 10.1. The van der Waals surface area contributed by atoms with Crippen molar-refractivity contribution in [3.63, 3.8) is 0 Å². The van der Waals surface area contributed by atoms with Gasteiger partial charge in [-0.05, 0) is 20.0 Å². The van der Waals surface area contributed by atoms with Gasteiger partial charge < -0.3 is 15.5 Å². The Balaban J connectivity index is 2.70. The van der Waals surface area contributed by atoms with E-state index >= 15 is 0 Å². The molecule has 1 heterocycles. The smallest absolute Gasteiger partial charge is 0.228 e. The normalized spacial score (nSPS) is 20.5. The summed E-state index contributed by atoms with van der Waals surface area (Å²) >= 11 is 0. The molecule has 1 rings (SSSR count). The Kier molecular flexibility index (Phi) is 5.15. The number of hydrogen-bond acceptors (Lipinski definition) is 5. The molecule has 1 aliphatic rings. The highest BCUT2D eigenvalue weighted by Crippen LogP contribution is 2.19. The number of likely N-dealkylation sites (tertiary alicyclic amines) is 1. The molecule has 1 unspecified atom stereocenters. The van der Waals surface area contributed by atoms with Gasteiger partial charge >= 0.3 is 0 Å². The molecule has 1 fully saturated rings. The first-order valence-electron chi connectivity index (χ1n) is 6.08. The lowest BCUT2D eigenvalue weighted by Gasteiger charge is -2.20. The van der Waals surface area contributed by atoms with Gasteiger partial charge in [0.05, 0.1) is 5.70 Å². The Morgan fingerprint density at radius 3 is 2.72 bits per heavy atom. The van der Waals surface area contributed by atoms with Crippen LogP contribution in [0.25, 0.3) is 0 Å². The van der Waals surface area contributed by atoms with E-state index in [1.807, 2.05) is 14.1 Å². The number of nitrogens with zero attached hydrogens (tertiary/aromatic N) is 2. The highest BCUT2D eigenvalue weighted by atomic mass is 16.2. The summed E-state index contributed by atoms with van der Waals surface area (Å²) in [4.78, 5) is 15.5. The molecule has 0 aliphatic carbocycles. The van der Waals surface area contributed by atoms with Gasteiger partial charge in [-0.15, -0.1) is 0 Å². The van der Waals surface area contributed by atoms with E-state index in [0.717, 1.165) is 6.54 Å². The van der Waals surface area contributed by atoms with Crippen molar-refractivity contribution in [2.75, 3.05) is 41.3 Å². The predicted octanol–water partition coefficient (Wildman–Crippen LogP) is -0.346. The maximum absolute atomic E-state index is 11.9. The maximum Gasteiger partial charge on any atom is 0.228 e. The second-order valence-corrected chi connectivity index (χ2v) is 4.78. The van der Waals surface area contributed by atoms with E-state index < -0.39 is 0 Å². The summed E-state index contributed by atoms with van der Waals surface area (Å²) in [5.74, 6) is 0.572. The average Bonchev–Trinajstić information content (AvgIpc) is 2.65. The van der Waals surface area contributed by atoms with Crippen molar-refractivity contribution in [1.29, 1.82) is 5.41 Å². The summed E-state index contributed by atoms with van der Waals surface area (Å²) in [6, 6.07) is 0. The lowest BCUT2D eigenvalue weighted by molar-refractivity contribution is -0.124. The van der Waals surface area contributed by atoms with Crippen molar-refractivity contribution in [2.24, 2.45) is 5.92 Å². The Morgan fingerprint density at radius 2 is 2.22 bits per heavy atom. The van der Waals surface area contributed by atoms with E-state index in [1.54, 1.807) is 25.2 Å². The number of likely N-dealkylation sites (N-methyl/N-ethyl adjacent to an activating group) is 1. The van der Waals surface area contributed by atoms with Crippen molar-refractivity contribution in [1.82, 2.24) is 20.4 Å². The van der Waals surface area contributed by atoms with Crippen LogP contribution in [0.5, 0.6) is 0 Å². The predicted molar refractivity (Wildman–Crippen MR) is 72.3 cm³/mol. The number of nitrogens with one attached hydrogen (secondary N) is 3. The second kappa shape index (κ2) is 6.39. The van der Waals surface area contributed by atoms with E-state index in [2.05, 4.69) is 15.5 Å². The zero-order chi connectivity index (χ0) is 13.7. The van der Waals surface area contributed by atoms with Gasteiger partial charge in [-0.25, -0.2) is 0 Å². The third-order valence-electron chi connectivity index (χ3n) is 2.91. The fraction of sp³-hybridized carbons (Fsp3) is 0.667. The van der Waals surface area contributed by atoms with Crippen LogP contribution in [0.4, 0.5) is 0 Å². The van der Waals surface area contributed by atoms with Gasteiger partial charge in [0.2, 0.25) is 5.91 Å². The Morgan fingerprint density at radius 1 is 1.56 bits per heavy atom. The molecular formula is C12H23N5O. The summed E-state index contributed by atoms with van der Waals surface area (Å²) in [6.07, 6.45) is 2.21. The van der Waals surface area contributed by atoms with Crippen LogP contribution < -0.4 is 10.6 Å². The summed E-state index contributed by atoms with van der Waals surface area (Å²) < 4.78 is 0. The van der Waals surface area contributed by atoms with Crippen LogP contribution in [0.2, 0.25) is 0 Å². The summed E-state index contributed by atoms with van der Waals surface area (Å²) in [7, 11) is 7.51. The van der Waals surface area contributed by atoms with E-state index in [9.17, 15) is 4.79 Å². The quantitative estimate of drug-likeness (QED) is 0.463.